The van der Waals surface area contributed by atoms with E-state index in [1.54, 1.807) is 7.11 Å². The van der Waals surface area contributed by atoms with Gasteiger partial charge in [-0.15, -0.1) is 0 Å². The first kappa shape index (κ1) is 16.3. The van der Waals surface area contributed by atoms with Crippen molar-refractivity contribution < 1.29 is 14.3 Å². The van der Waals surface area contributed by atoms with Crippen LogP contribution in [0.1, 0.15) is 11.1 Å². The zero-order chi connectivity index (χ0) is 17.1. The van der Waals surface area contributed by atoms with Crippen LogP contribution in [-0.2, 0) is 4.79 Å². The van der Waals surface area contributed by atoms with Crippen LogP contribution < -0.4 is 14.8 Å². The summed E-state index contributed by atoms with van der Waals surface area (Å²) >= 11 is 1.40. The molecule has 5 nitrogen and oxygen atoms in total. The molecule has 0 unspecified atom stereocenters. The fourth-order valence-electron chi connectivity index (χ4n) is 2.26. The molecule has 3 aromatic rings. The highest BCUT2D eigenvalue weighted by atomic mass is 32.1. The molecule has 0 spiro atoms. The quantitative estimate of drug-likeness (QED) is 0.763. The van der Waals surface area contributed by atoms with Crippen molar-refractivity contribution in [3.63, 3.8) is 0 Å². The van der Waals surface area contributed by atoms with Crippen LogP contribution in [0, 0.1) is 13.8 Å². The molecule has 2 aromatic carbocycles. The number of hydrogen-bond acceptors (Lipinski definition) is 5. The molecule has 24 heavy (non-hydrogen) atoms. The van der Waals surface area contributed by atoms with Gasteiger partial charge in [0.25, 0.3) is 5.91 Å². The number of nitrogens with one attached hydrogen (secondary N) is 1. The number of carbonyl (C=O) groups is 1. The average Bonchev–Trinajstić information content (AvgIpc) is 2.97. The Hall–Kier alpha value is -2.60. The van der Waals surface area contributed by atoms with Crippen molar-refractivity contribution in [3.05, 3.63) is 47.5 Å². The molecule has 6 heteroatoms. The van der Waals surface area contributed by atoms with E-state index in [-0.39, 0.29) is 12.5 Å². The number of rotatable bonds is 5. The van der Waals surface area contributed by atoms with Gasteiger partial charge in [-0.1, -0.05) is 23.5 Å². The normalized spacial score (nSPS) is 10.6. The number of amides is 1. The number of benzene rings is 2. The summed E-state index contributed by atoms with van der Waals surface area (Å²) in [6, 6.07) is 11.4. The van der Waals surface area contributed by atoms with Gasteiger partial charge in [-0.2, -0.15) is 0 Å². The molecule has 0 fully saturated rings. The monoisotopic (exact) mass is 342 g/mol. The van der Waals surface area contributed by atoms with Crippen molar-refractivity contribution in [1.29, 1.82) is 0 Å². The number of methoxy groups -OCH3 is 1. The van der Waals surface area contributed by atoms with Crippen LogP contribution in [0.15, 0.2) is 36.4 Å². The molecule has 0 saturated heterocycles. The van der Waals surface area contributed by atoms with E-state index < -0.39 is 0 Å². The van der Waals surface area contributed by atoms with Crippen LogP contribution in [-0.4, -0.2) is 24.6 Å². The lowest BCUT2D eigenvalue weighted by atomic mass is 10.1. The van der Waals surface area contributed by atoms with Gasteiger partial charge in [-0.25, -0.2) is 4.98 Å². The third-order valence-corrected chi connectivity index (χ3v) is 4.69. The highest BCUT2D eigenvalue weighted by Gasteiger charge is 2.10. The van der Waals surface area contributed by atoms with Gasteiger partial charge >= 0.3 is 0 Å². The molecule has 0 aliphatic heterocycles. The summed E-state index contributed by atoms with van der Waals surface area (Å²) in [7, 11) is 1.62. The second-order valence-corrected chi connectivity index (χ2v) is 6.42. The molecule has 0 bridgehead atoms. The van der Waals surface area contributed by atoms with E-state index in [9.17, 15) is 4.79 Å². The number of thiazole rings is 1. The minimum atomic E-state index is -0.234. The topological polar surface area (TPSA) is 60.5 Å². The van der Waals surface area contributed by atoms with Crippen LogP contribution in [0.5, 0.6) is 11.5 Å². The highest BCUT2D eigenvalue weighted by Crippen LogP contribution is 2.29. The van der Waals surface area contributed by atoms with Crippen molar-refractivity contribution in [3.8, 4) is 11.5 Å². The summed E-state index contributed by atoms with van der Waals surface area (Å²) in [6.07, 6.45) is 0. The van der Waals surface area contributed by atoms with Crippen molar-refractivity contribution >= 4 is 32.6 Å². The average molecular weight is 342 g/mol. The molecule has 1 N–H and O–H groups in total. The standard InChI is InChI=1S/C18H18N2O3S/c1-11-5-4-6-15(12(11)2)23-10-17(21)20-18-19-14-8-7-13(22-3)9-16(14)24-18/h4-9H,10H2,1-3H3,(H,19,20,21). The molecule has 0 aliphatic carbocycles. The lowest BCUT2D eigenvalue weighted by molar-refractivity contribution is -0.118. The van der Waals surface area contributed by atoms with E-state index in [1.807, 2.05) is 50.2 Å². The molecule has 3 rings (SSSR count). The van der Waals surface area contributed by atoms with E-state index in [1.165, 1.54) is 11.3 Å². The number of aromatic nitrogens is 1. The van der Waals surface area contributed by atoms with Gasteiger partial charge < -0.3 is 9.47 Å². The number of anilines is 1. The summed E-state index contributed by atoms with van der Waals surface area (Å²) in [5, 5.41) is 3.32. The highest BCUT2D eigenvalue weighted by molar-refractivity contribution is 7.22. The lowest BCUT2D eigenvalue weighted by Crippen LogP contribution is -2.20. The summed E-state index contributed by atoms with van der Waals surface area (Å²) in [4.78, 5) is 16.5. The van der Waals surface area contributed by atoms with E-state index in [0.717, 1.165) is 32.8 Å². The van der Waals surface area contributed by atoms with Crippen molar-refractivity contribution in [1.82, 2.24) is 4.98 Å². The number of hydrogen-bond donors (Lipinski definition) is 1. The second-order valence-electron chi connectivity index (χ2n) is 5.39. The minimum Gasteiger partial charge on any atom is -0.497 e. The van der Waals surface area contributed by atoms with Gasteiger partial charge in [0, 0.05) is 0 Å². The zero-order valence-corrected chi connectivity index (χ0v) is 14.6. The summed E-state index contributed by atoms with van der Waals surface area (Å²) in [5.41, 5.74) is 3.00. The van der Waals surface area contributed by atoms with Crippen molar-refractivity contribution in [2.75, 3.05) is 19.0 Å². The molecule has 1 aromatic heterocycles. The Morgan fingerprint density at radius 1 is 1.25 bits per heavy atom. The first-order valence-corrected chi connectivity index (χ1v) is 8.32. The molecule has 0 radical (unpaired) electrons. The van der Waals surface area contributed by atoms with Crippen LogP contribution in [0.4, 0.5) is 5.13 Å². The Kier molecular flexibility index (Phi) is 4.66. The number of fused-ring (bicyclic) bond motifs is 1. The maximum atomic E-state index is 12.1. The zero-order valence-electron chi connectivity index (χ0n) is 13.8. The fourth-order valence-corrected chi connectivity index (χ4v) is 3.18. The van der Waals surface area contributed by atoms with Gasteiger partial charge in [0.2, 0.25) is 0 Å². The van der Waals surface area contributed by atoms with Gasteiger partial charge in [0.1, 0.15) is 11.5 Å². The molecule has 0 saturated carbocycles. The van der Waals surface area contributed by atoms with Gasteiger partial charge in [0.05, 0.1) is 17.3 Å². The lowest BCUT2D eigenvalue weighted by Gasteiger charge is -2.10. The predicted octanol–water partition coefficient (Wildman–Crippen LogP) is 3.94. The Balaban J connectivity index is 1.65. The fraction of sp³-hybridized carbons (Fsp3) is 0.222. The van der Waals surface area contributed by atoms with Crippen LogP contribution >= 0.6 is 11.3 Å². The van der Waals surface area contributed by atoms with Gasteiger partial charge in [-0.3, -0.25) is 10.1 Å². The van der Waals surface area contributed by atoms with E-state index in [4.69, 9.17) is 9.47 Å². The maximum absolute atomic E-state index is 12.1. The number of carbonyl (C=O) groups excluding carboxylic acids is 1. The van der Waals surface area contributed by atoms with Gasteiger partial charge in [-0.05, 0) is 49.2 Å². The molecular weight excluding hydrogens is 324 g/mol. The molecule has 0 atom stereocenters. The molecule has 124 valence electrons. The van der Waals surface area contributed by atoms with E-state index >= 15 is 0 Å². The summed E-state index contributed by atoms with van der Waals surface area (Å²) < 4.78 is 11.8. The van der Waals surface area contributed by atoms with Gasteiger partial charge in [0.15, 0.2) is 11.7 Å². The Bertz CT molecular complexity index is 889. The molecule has 1 heterocycles. The minimum absolute atomic E-state index is 0.0520. The smallest absolute Gasteiger partial charge is 0.264 e. The predicted molar refractivity (Wildman–Crippen MR) is 96.2 cm³/mol. The second kappa shape index (κ2) is 6.88. The third-order valence-electron chi connectivity index (χ3n) is 3.76. The first-order chi connectivity index (χ1) is 11.6. The van der Waals surface area contributed by atoms with Crippen molar-refractivity contribution in [2.24, 2.45) is 0 Å². The SMILES string of the molecule is COc1ccc2nc(NC(=O)COc3cccc(C)c3C)sc2c1. The number of nitrogens with zero attached hydrogens (tertiary/aromatic N) is 1. The molecular formula is C18H18N2O3S. The van der Waals surface area contributed by atoms with Crippen molar-refractivity contribution in [2.45, 2.75) is 13.8 Å². The number of aryl methyl sites for hydroxylation is 1. The largest absolute Gasteiger partial charge is 0.497 e. The third kappa shape index (κ3) is 3.49. The Morgan fingerprint density at radius 3 is 2.88 bits per heavy atom. The first-order valence-electron chi connectivity index (χ1n) is 7.50. The number of ether oxygens (including phenoxy) is 2. The Labute approximate surface area is 144 Å². The Morgan fingerprint density at radius 2 is 2.08 bits per heavy atom. The molecule has 0 aliphatic rings. The van der Waals surface area contributed by atoms with E-state index in [2.05, 4.69) is 10.3 Å². The van der Waals surface area contributed by atoms with Crippen LogP contribution in [0.3, 0.4) is 0 Å². The summed E-state index contributed by atoms with van der Waals surface area (Å²) in [5.74, 6) is 1.25. The summed E-state index contributed by atoms with van der Waals surface area (Å²) in [6.45, 7) is 3.94. The molecule has 1 amide bonds. The van der Waals surface area contributed by atoms with Crippen LogP contribution in [0.2, 0.25) is 0 Å². The maximum Gasteiger partial charge on any atom is 0.264 e. The van der Waals surface area contributed by atoms with Crippen LogP contribution in [0.25, 0.3) is 10.2 Å². The van der Waals surface area contributed by atoms with E-state index in [0.29, 0.717) is 5.13 Å².